The fraction of sp³-hybridized carbons (Fsp3) is 0.429. The minimum Gasteiger partial charge on any atom is -0.369 e. The van der Waals surface area contributed by atoms with Crippen LogP contribution in [0.4, 0.5) is 10.2 Å². The number of rotatable bonds is 11. The predicted molar refractivity (Wildman–Crippen MR) is 145 cm³/mol. The highest BCUT2D eigenvalue weighted by molar-refractivity contribution is 5.99. The Kier molecular flexibility index (Phi) is 9.06. The van der Waals surface area contributed by atoms with Gasteiger partial charge in [-0.1, -0.05) is 12.1 Å². The molecule has 2 amide bonds. The minimum absolute atomic E-state index is 0.0302. The van der Waals surface area contributed by atoms with Crippen molar-refractivity contribution in [1.82, 2.24) is 25.0 Å². The molecule has 3 aromatic rings. The van der Waals surface area contributed by atoms with Crippen LogP contribution in [0, 0.1) is 12.7 Å². The third-order valence-electron chi connectivity index (χ3n) is 6.82. The summed E-state index contributed by atoms with van der Waals surface area (Å²) in [6.45, 7) is 3.95. The highest BCUT2D eigenvalue weighted by atomic mass is 19.1. The van der Waals surface area contributed by atoms with Gasteiger partial charge >= 0.3 is 0 Å². The summed E-state index contributed by atoms with van der Waals surface area (Å²) in [6, 6.07) is 8.26. The van der Waals surface area contributed by atoms with Crippen molar-refractivity contribution in [2.75, 3.05) is 31.5 Å². The number of aryl methyl sites for hydroxylation is 2. The number of anilines is 1. The molecule has 2 aromatic heterocycles. The second kappa shape index (κ2) is 12.6. The molecule has 0 aliphatic carbocycles. The van der Waals surface area contributed by atoms with Crippen molar-refractivity contribution >= 4 is 17.6 Å². The number of hydrogen-bond acceptors (Lipinski definition) is 6. The topological polar surface area (TPSA) is 118 Å². The predicted octanol–water partition coefficient (Wildman–Crippen LogP) is 3.04. The highest BCUT2D eigenvalue weighted by Crippen LogP contribution is 2.26. The standard InChI is InChI=1S/C28H36FN7O2/c1-19-14-24(28(38)32-17-23-8-5-13-36(23)25(37)9-4-11-30)27(34-26(19)21-16-33-35(2)18-21)31-12-10-20-6-3-7-22(29)15-20/h3,6-7,14-16,18,23H,4-5,8-13,17,30H2,1-2H3,(H,31,34)(H,32,38)/t23-/m1/s1. The molecule has 1 atom stereocenters. The molecule has 38 heavy (non-hydrogen) atoms. The van der Waals surface area contributed by atoms with Gasteiger partial charge in [-0.05, 0) is 68.5 Å². The summed E-state index contributed by atoms with van der Waals surface area (Å²) in [5.74, 6) is 0.00102. The molecule has 9 nitrogen and oxygen atoms in total. The third-order valence-corrected chi connectivity index (χ3v) is 6.82. The van der Waals surface area contributed by atoms with E-state index >= 15 is 0 Å². The smallest absolute Gasteiger partial charge is 0.255 e. The van der Waals surface area contributed by atoms with Crippen LogP contribution in [-0.4, -0.2) is 63.7 Å². The summed E-state index contributed by atoms with van der Waals surface area (Å²) < 4.78 is 15.3. The number of nitrogens with two attached hydrogens (primary N) is 1. The Morgan fingerprint density at radius 3 is 2.84 bits per heavy atom. The molecule has 1 aromatic carbocycles. The fourth-order valence-electron chi connectivity index (χ4n) is 4.85. The number of halogens is 1. The van der Waals surface area contributed by atoms with Crippen molar-refractivity contribution in [3.8, 4) is 11.3 Å². The van der Waals surface area contributed by atoms with Gasteiger partial charge in [0.15, 0.2) is 0 Å². The number of nitrogens with zero attached hydrogens (tertiary/aromatic N) is 4. The molecule has 0 saturated carbocycles. The van der Waals surface area contributed by atoms with E-state index in [1.165, 1.54) is 12.1 Å². The quantitative estimate of drug-likeness (QED) is 0.357. The summed E-state index contributed by atoms with van der Waals surface area (Å²) in [6.07, 6.45) is 7.04. The second-order valence-electron chi connectivity index (χ2n) is 9.74. The molecule has 1 aliphatic rings. The summed E-state index contributed by atoms with van der Waals surface area (Å²) in [5, 5.41) is 10.6. The molecule has 0 bridgehead atoms. The molecule has 3 heterocycles. The molecule has 0 spiro atoms. The van der Waals surface area contributed by atoms with Crippen molar-refractivity contribution in [1.29, 1.82) is 0 Å². The summed E-state index contributed by atoms with van der Waals surface area (Å²) >= 11 is 0. The first-order valence-electron chi connectivity index (χ1n) is 13.1. The van der Waals surface area contributed by atoms with E-state index in [4.69, 9.17) is 10.7 Å². The maximum Gasteiger partial charge on any atom is 0.255 e. The van der Waals surface area contributed by atoms with Gasteiger partial charge in [-0.15, -0.1) is 0 Å². The number of pyridine rings is 1. The first-order valence-corrected chi connectivity index (χ1v) is 13.1. The largest absolute Gasteiger partial charge is 0.369 e. The number of hydrogen-bond donors (Lipinski definition) is 3. The first kappa shape index (κ1) is 27.3. The summed E-state index contributed by atoms with van der Waals surface area (Å²) in [5.41, 5.74) is 9.26. The first-order chi connectivity index (χ1) is 18.4. The Bertz CT molecular complexity index is 1280. The van der Waals surface area contributed by atoms with Crippen LogP contribution in [0.15, 0.2) is 42.7 Å². The SMILES string of the molecule is Cc1cc(C(=O)NC[C@H]2CCCN2C(=O)CCCN)c(NCCc2cccc(F)c2)nc1-c1cnn(C)c1. The summed E-state index contributed by atoms with van der Waals surface area (Å²) in [4.78, 5) is 32.6. The maximum absolute atomic E-state index is 13.6. The van der Waals surface area contributed by atoms with E-state index < -0.39 is 0 Å². The molecule has 0 unspecified atom stereocenters. The van der Waals surface area contributed by atoms with Gasteiger partial charge in [-0.3, -0.25) is 14.3 Å². The van der Waals surface area contributed by atoms with Gasteiger partial charge in [0.25, 0.3) is 5.91 Å². The Balaban J connectivity index is 1.50. The van der Waals surface area contributed by atoms with Gasteiger partial charge in [0.2, 0.25) is 5.91 Å². The van der Waals surface area contributed by atoms with Crippen molar-refractivity contribution in [2.24, 2.45) is 12.8 Å². The van der Waals surface area contributed by atoms with E-state index in [0.29, 0.717) is 56.8 Å². The zero-order valence-electron chi connectivity index (χ0n) is 22.0. The molecular formula is C28H36FN7O2. The lowest BCUT2D eigenvalue weighted by molar-refractivity contribution is -0.132. The molecule has 4 N–H and O–H groups in total. The van der Waals surface area contributed by atoms with E-state index in [1.807, 2.05) is 37.2 Å². The Hall–Kier alpha value is -3.79. The average molecular weight is 522 g/mol. The molecular weight excluding hydrogens is 485 g/mol. The zero-order valence-corrected chi connectivity index (χ0v) is 22.0. The van der Waals surface area contributed by atoms with Crippen molar-refractivity contribution in [2.45, 2.75) is 45.1 Å². The average Bonchev–Trinajstić information content (AvgIpc) is 3.55. The Morgan fingerprint density at radius 1 is 1.26 bits per heavy atom. The molecule has 1 saturated heterocycles. The third kappa shape index (κ3) is 6.74. The van der Waals surface area contributed by atoms with Gasteiger partial charge < -0.3 is 21.3 Å². The number of amides is 2. The van der Waals surface area contributed by atoms with Crippen LogP contribution in [-0.2, 0) is 18.3 Å². The van der Waals surface area contributed by atoms with E-state index in [1.54, 1.807) is 16.9 Å². The molecule has 4 rings (SSSR count). The van der Waals surface area contributed by atoms with Crippen molar-refractivity contribution in [3.63, 3.8) is 0 Å². The monoisotopic (exact) mass is 521 g/mol. The van der Waals surface area contributed by atoms with Gasteiger partial charge in [0, 0.05) is 50.9 Å². The number of likely N-dealkylation sites (tertiary alicyclic amines) is 1. The number of aromatic nitrogens is 3. The van der Waals surface area contributed by atoms with Crippen LogP contribution in [0.1, 0.15) is 47.2 Å². The van der Waals surface area contributed by atoms with Gasteiger partial charge in [-0.25, -0.2) is 9.37 Å². The van der Waals surface area contributed by atoms with Crippen LogP contribution in [0.2, 0.25) is 0 Å². The Labute approximate surface area is 222 Å². The Morgan fingerprint density at radius 2 is 2.11 bits per heavy atom. The normalized spacial score (nSPS) is 15.1. The number of carbonyl (C=O) groups excluding carboxylic acids is 2. The van der Waals surface area contributed by atoms with Crippen LogP contribution in [0.3, 0.4) is 0 Å². The lowest BCUT2D eigenvalue weighted by Crippen LogP contribution is -2.43. The van der Waals surface area contributed by atoms with Crippen LogP contribution in [0.5, 0.6) is 0 Å². The van der Waals surface area contributed by atoms with Gasteiger partial charge in [0.05, 0.1) is 17.5 Å². The highest BCUT2D eigenvalue weighted by Gasteiger charge is 2.29. The zero-order chi connectivity index (χ0) is 27.1. The summed E-state index contributed by atoms with van der Waals surface area (Å²) in [7, 11) is 1.84. The molecule has 202 valence electrons. The van der Waals surface area contributed by atoms with E-state index in [2.05, 4.69) is 15.7 Å². The van der Waals surface area contributed by atoms with E-state index in [9.17, 15) is 14.0 Å². The van der Waals surface area contributed by atoms with E-state index in [0.717, 1.165) is 35.2 Å². The molecule has 1 fully saturated rings. The van der Waals surface area contributed by atoms with Crippen LogP contribution < -0.4 is 16.4 Å². The molecule has 0 radical (unpaired) electrons. The minimum atomic E-state index is -0.280. The number of nitrogens with one attached hydrogen (secondary N) is 2. The van der Waals surface area contributed by atoms with Crippen molar-refractivity contribution < 1.29 is 14.0 Å². The maximum atomic E-state index is 13.6. The lowest BCUT2D eigenvalue weighted by Gasteiger charge is -2.25. The molecule has 10 heteroatoms. The van der Waals surface area contributed by atoms with Crippen LogP contribution in [0.25, 0.3) is 11.3 Å². The van der Waals surface area contributed by atoms with Crippen molar-refractivity contribution in [3.05, 3.63) is 65.2 Å². The van der Waals surface area contributed by atoms with Gasteiger partial charge in [-0.2, -0.15) is 5.10 Å². The number of benzene rings is 1. The fourth-order valence-corrected chi connectivity index (χ4v) is 4.85. The number of carbonyl (C=O) groups is 2. The van der Waals surface area contributed by atoms with Gasteiger partial charge in [0.1, 0.15) is 11.6 Å². The molecule has 1 aliphatic heterocycles. The van der Waals surface area contributed by atoms with E-state index in [-0.39, 0.29) is 23.7 Å². The van der Waals surface area contributed by atoms with Crippen LogP contribution >= 0.6 is 0 Å². The lowest BCUT2D eigenvalue weighted by atomic mass is 10.1. The second-order valence-corrected chi connectivity index (χ2v) is 9.74.